The van der Waals surface area contributed by atoms with E-state index in [0.29, 0.717) is 19.6 Å². The van der Waals surface area contributed by atoms with Crippen LogP contribution in [-0.4, -0.2) is 40.3 Å². The van der Waals surface area contributed by atoms with Crippen molar-refractivity contribution in [3.8, 4) is 0 Å². The lowest BCUT2D eigenvalue weighted by Gasteiger charge is -2.36. The van der Waals surface area contributed by atoms with Crippen molar-refractivity contribution in [2.45, 2.75) is 38.9 Å². The summed E-state index contributed by atoms with van der Waals surface area (Å²) in [5.74, 6) is 0.790. The zero-order valence-electron chi connectivity index (χ0n) is 18.0. The molecule has 3 heterocycles. The zero-order chi connectivity index (χ0) is 21.5. The van der Waals surface area contributed by atoms with Gasteiger partial charge >= 0.3 is 6.03 Å². The SMILES string of the molecule is CC1CCN(C(CNC(=O)NCc2ccccc2Cn2cccn2)c2cccs2)CC1. The average molecular weight is 438 g/mol. The van der Waals surface area contributed by atoms with Crippen LogP contribution in [0.25, 0.3) is 0 Å². The van der Waals surface area contributed by atoms with E-state index < -0.39 is 0 Å². The smallest absolute Gasteiger partial charge is 0.315 e. The summed E-state index contributed by atoms with van der Waals surface area (Å²) in [4.78, 5) is 16.4. The predicted octanol–water partition coefficient (Wildman–Crippen LogP) is 4.27. The summed E-state index contributed by atoms with van der Waals surface area (Å²) in [7, 11) is 0. The van der Waals surface area contributed by atoms with E-state index in [4.69, 9.17) is 0 Å². The van der Waals surface area contributed by atoms with E-state index >= 15 is 0 Å². The maximum atomic E-state index is 12.6. The highest BCUT2D eigenvalue weighted by atomic mass is 32.1. The molecule has 6 nitrogen and oxygen atoms in total. The molecule has 1 unspecified atom stereocenters. The topological polar surface area (TPSA) is 62.2 Å². The fraction of sp³-hybridized carbons (Fsp3) is 0.417. The number of nitrogens with zero attached hydrogens (tertiary/aromatic N) is 3. The maximum Gasteiger partial charge on any atom is 0.315 e. The maximum absolute atomic E-state index is 12.6. The van der Waals surface area contributed by atoms with E-state index in [-0.39, 0.29) is 12.1 Å². The Hall–Kier alpha value is -2.64. The number of thiophene rings is 1. The van der Waals surface area contributed by atoms with Crippen LogP contribution >= 0.6 is 11.3 Å². The minimum absolute atomic E-state index is 0.124. The lowest BCUT2D eigenvalue weighted by Crippen LogP contribution is -2.44. The Morgan fingerprint density at radius 2 is 1.94 bits per heavy atom. The number of carbonyl (C=O) groups excluding carboxylic acids is 1. The number of amides is 2. The molecule has 2 N–H and O–H groups in total. The number of urea groups is 1. The first kappa shape index (κ1) is 21.6. The molecule has 3 aromatic rings. The summed E-state index contributed by atoms with van der Waals surface area (Å²) in [6, 6.07) is 14.5. The third-order valence-electron chi connectivity index (χ3n) is 6.04. The Balaban J connectivity index is 1.32. The molecule has 7 heteroatoms. The first-order valence-corrected chi connectivity index (χ1v) is 11.9. The van der Waals surface area contributed by atoms with Gasteiger partial charge in [-0.25, -0.2) is 4.79 Å². The molecule has 1 aliphatic heterocycles. The van der Waals surface area contributed by atoms with Crippen LogP contribution in [0.1, 0.15) is 41.8 Å². The molecule has 2 amide bonds. The van der Waals surface area contributed by atoms with Crippen molar-refractivity contribution in [3.05, 3.63) is 76.2 Å². The number of hydrogen-bond donors (Lipinski definition) is 2. The zero-order valence-corrected chi connectivity index (χ0v) is 18.9. The van der Waals surface area contributed by atoms with E-state index in [2.05, 4.69) is 57.2 Å². The molecule has 1 atom stereocenters. The molecule has 1 fully saturated rings. The van der Waals surface area contributed by atoms with Gasteiger partial charge in [-0.05, 0) is 60.5 Å². The van der Waals surface area contributed by atoms with E-state index in [0.717, 1.165) is 30.1 Å². The Kier molecular flexibility index (Phi) is 7.38. The van der Waals surface area contributed by atoms with Crippen LogP contribution in [0.5, 0.6) is 0 Å². The molecule has 1 aromatic carbocycles. The van der Waals surface area contributed by atoms with Crippen molar-refractivity contribution in [3.63, 3.8) is 0 Å². The van der Waals surface area contributed by atoms with Gasteiger partial charge in [-0.2, -0.15) is 5.10 Å². The Morgan fingerprint density at radius 1 is 1.13 bits per heavy atom. The van der Waals surface area contributed by atoms with Crippen LogP contribution in [0.2, 0.25) is 0 Å². The quantitative estimate of drug-likeness (QED) is 0.553. The van der Waals surface area contributed by atoms with Crippen LogP contribution in [0.15, 0.2) is 60.2 Å². The minimum Gasteiger partial charge on any atom is -0.336 e. The molecule has 0 spiro atoms. The fourth-order valence-corrected chi connectivity index (χ4v) is 4.97. The van der Waals surface area contributed by atoms with Crippen LogP contribution in [0, 0.1) is 5.92 Å². The third kappa shape index (κ3) is 5.95. The normalized spacial score (nSPS) is 16.2. The number of benzene rings is 1. The molecule has 1 saturated heterocycles. The lowest BCUT2D eigenvalue weighted by molar-refractivity contribution is 0.138. The van der Waals surface area contributed by atoms with E-state index in [1.165, 1.54) is 17.7 Å². The number of carbonyl (C=O) groups is 1. The molecule has 2 aromatic heterocycles. The summed E-state index contributed by atoms with van der Waals surface area (Å²) in [5, 5.41) is 12.5. The second-order valence-corrected chi connectivity index (χ2v) is 9.26. The Labute approximate surface area is 188 Å². The van der Waals surface area contributed by atoms with Gasteiger partial charge in [0, 0.05) is 30.4 Å². The molecule has 0 saturated carbocycles. The fourth-order valence-electron chi connectivity index (χ4n) is 4.11. The highest BCUT2D eigenvalue weighted by Gasteiger charge is 2.25. The predicted molar refractivity (Wildman–Crippen MR) is 125 cm³/mol. The Bertz CT molecular complexity index is 933. The minimum atomic E-state index is -0.124. The van der Waals surface area contributed by atoms with Gasteiger partial charge in [0.05, 0.1) is 12.6 Å². The summed E-state index contributed by atoms with van der Waals surface area (Å²) >= 11 is 1.77. The van der Waals surface area contributed by atoms with Crippen molar-refractivity contribution < 1.29 is 4.79 Å². The van der Waals surface area contributed by atoms with Gasteiger partial charge in [-0.3, -0.25) is 9.58 Å². The van der Waals surface area contributed by atoms with Gasteiger partial charge in [0.25, 0.3) is 0 Å². The average Bonchev–Trinajstić information content (AvgIpc) is 3.49. The van der Waals surface area contributed by atoms with Crippen molar-refractivity contribution in [1.82, 2.24) is 25.3 Å². The Morgan fingerprint density at radius 3 is 2.65 bits per heavy atom. The lowest BCUT2D eigenvalue weighted by atomic mass is 9.97. The second kappa shape index (κ2) is 10.6. The van der Waals surface area contributed by atoms with Gasteiger partial charge in [0.1, 0.15) is 0 Å². The van der Waals surface area contributed by atoms with Crippen molar-refractivity contribution in [2.75, 3.05) is 19.6 Å². The summed E-state index contributed by atoms with van der Waals surface area (Å²) < 4.78 is 1.89. The van der Waals surface area contributed by atoms with E-state index in [1.807, 2.05) is 29.1 Å². The first-order valence-electron chi connectivity index (χ1n) is 11.0. The van der Waals surface area contributed by atoms with Gasteiger partial charge < -0.3 is 10.6 Å². The summed E-state index contributed by atoms with van der Waals surface area (Å²) in [6.07, 6.45) is 6.17. The molecule has 1 aliphatic rings. The molecule has 0 radical (unpaired) electrons. The van der Waals surface area contributed by atoms with Gasteiger partial charge in [0.15, 0.2) is 0 Å². The van der Waals surface area contributed by atoms with Crippen molar-refractivity contribution >= 4 is 17.4 Å². The van der Waals surface area contributed by atoms with E-state index in [1.54, 1.807) is 17.5 Å². The first-order chi connectivity index (χ1) is 15.2. The molecular weight excluding hydrogens is 406 g/mol. The summed E-state index contributed by atoms with van der Waals surface area (Å²) in [5.41, 5.74) is 2.26. The number of rotatable bonds is 8. The third-order valence-corrected chi connectivity index (χ3v) is 7.01. The van der Waals surface area contributed by atoms with Crippen LogP contribution < -0.4 is 10.6 Å². The molecule has 4 rings (SSSR count). The van der Waals surface area contributed by atoms with Gasteiger partial charge in [-0.15, -0.1) is 11.3 Å². The number of likely N-dealkylation sites (tertiary alicyclic amines) is 1. The van der Waals surface area contributed by atoms with Crippen LogP contribution in [0.4, 0.5) is 4.79 Å². The highest BCUT2D eigenvalue weighted by Crippen LogP contribution is 2.29. The van der Waals surface area contributed by atoms with Crippen LogP contribution in [-0.2, 0) is 13.1 Å². The number of piperidine rings is 1. The molecule has 31 heavy (non-hydrogen) atoms. The molecule has 0 aliphatic carbocycles. The molecular formula is C24H31N5OS. The number of nitrogens with one attached hydrogen (secondary N) is 2. The summed E-state index contributed by atoms with van der Waals surface area (Å²) in [6.45, 7) is 6.32. The number of hydrogen-bond acceptors (Lipinski definition) is 4. The largest absolute Gasteiger partial charge is 0.336 e. The monoisotopic (exact) mass is 437 g/mol. The van der Waals surface area contributed by atoms with Crippen molar-refractivity contribution in [2.24, 2.45) is 5.92 Å². The highest BCUT2D eigenvalue weighted by molar-refractivity contribution is 7.10. The van der Waals surface area contributed by atoms with Gasteiger partial charge in [-0.1, -0.05) is 37.3 Å². The second-order valence-electron chi connectivity index (χ2n) is 8.29. The number of aromatic nitrogens is 2. The standard InChI is InChI=1S/C24H31N5OS/c1-19-9-13-28(14-10-19)22(23-8-4-15-31-23)17-26-24(30)25-16-20-6-2-3-7-21(20)18-29-12-5-11-27-29/h2-8,11-12,15,19,22H,9-10,13-14,16-18H2,1H3,(H2,25,26,30). The van der Waals surface area contributed by atoms with Crippen molar-refractivity contribution in [1.29, 1.82) is 0 Å². The molecule has 164 valence electrons. The molecule has 0 bridgehead atoms. The van der Waals surface area contributed by atoms with Gasteiger partial charge in [0.2, 0.25) is 0 Å². The van der Waals surface area contributed by atoms with E-state index in [9.17, 15) is 4.79 Å². The van der Waals surface area contributed by atoms with Crippen LogP contribution in [0.3, 0.4) is 0 Å².